The molecule has 2 aromatic rings. The molecule has 1 amide bonds. The second-order valence-corrected chi connectivity index (χ2v) is 5.40. The fourth-order valence-electron chi connectivity index (χ4n) is 2.39. The summed E-state index contributed by atoms with van der Waals surface area (Å²) < 4.78 is 1.78. The number of amides is 1. The molecule has 0 bridgehead atoms. The van der Waals surface area contributed by atoms with Crippen LogP contribution in [0, 0.1) is 5.41 Å². The first kappa shape index (κ1) is 16.2. The van der Waals surface area contributed by atoms with Crippen molar-refractivity contribution < 1.29 is 4.79 Å². The molecule has 0 saturated heterocycles. The minimum atomic E-state index is -0.519. The first-order chi connectivity index (χ1) is 10.6. The Morgan fingerprint density at radius 3 is 2.55 bits per heavy atom. The van der Waals surface area contributed by atoms with Gasteiger partial charge in [0.05, 0.1) is 12.0 Å². The summed E-state index contributed by atoms with van der Waals surface area (Å²) in [6.45, 7) is 4.95. The van der Waals surface area contributed by atoms with Crippen molar-refractivity contribution in [3.63, 3.8) is 0 Å². The van der Waals surface area contributed by atoms with Gasteiger partial charge in [0.2, 0.25) is 5.91 Å². The van der Waals surface area contributed by atoms with Gasteiger partial charge < -0.3 is 11.1 Å². The fraction of sp³-hybridized carbons (Fsp3) is 0.438. The molecule has 0 aliphatic heterocycles. The number of carbonyl (C=O) groups excluding carboxylic acids is 1. The molecule has 0 aliphatic carbocycles. The highest BCUT2D eigenvalue weighted by molar-refractivity contribution is 5.94. The third-order valence-electron chi connectivity index (χ3n) is 4.20. The monoisotopic (exact) mass is 301 g/mol. The number of nitrogens with one attached hydrogen (secondary N) is 1. The van der Waals surface area contributed by atoms with E-state index in [1.165, 1.54) is 0 Å². The molecule has 22 heavy (non-hydrogen) atoms. The van der Waals surface area contributed by atoms with Gasteiger partial charge in [0, 0.05) is 31.2 Å². The van der Waals surface area contributed by atoms with Crippen LogP contribution >= 0.6 is 0 Å². The summed E-state index contributed by atoms with van der Waals surface area (Å²) in [4.78, 5) is 16.4. The molecule has 2 rings (SSSR count). The minimum Gasteiger partial charge on any atom is -0.329 e. The van der Waals surface area contributed by atoms with Gasteiger partial charge >= 0.3 is 0 Å². The summed E-state index contributed by atoms with van der Waals surface area (Å²) in [5.41, 5.74) is 6.39. The minimum absolute atomic E-state index is 0.0610. The van der Waals surface area contributed by atoms with Crippen molar-refractivity contribution in [1.29, 1.82) is 0 Å². The zero-order valence-corrected chi connectivity index (χ0v) is 13.1. The van der Waals surface area contributed by atoms with Crippen molar-refractivity contribution in [1.82, 2.24) is 14.8 Å². The quantitative estimate of drug-likeness (QED) is 0.819. The lowest BCUT2D eigenvalue weighted by molar-refractivity contribution is -0.125. The molecular weight excluding hydrogens is 278 g/mol. The maximum atomic E-state index is 12.4. The van der Waals surface area contributed by atoms with E-state index in [4.69, 9.17) is 5.73 Å². The van der Waals surface area contributed by atoms with Crippen molar-refractivity contribution in [3.05, 3.63) is 42.4 Å². The van der Waals surface area contributed by atoms with E-state index in [0.717, 1.165) is 5.56 Å². The zero-order valence-electron chi connectivity index (χ0n) is 13.1. The van der Waals surface area contributed by atoms with E-state index in [0.29, 0.717) is 31.7 Å². The van der Waals surface area contributed by atoms with E-state index in [1.54, 1.807) is 23.1 Å². The van der Waals surface area contributed by atoms with Gasteiger partial charge in [-0.2, -0.15) is 5.10 Å². The molecule has 0 unspecified atom stereocenters. The molecule has 3 N–H and O–H groups in total. The first-order valence-electron chi connectivity index (χ1n) is 7.57. The van der Waals surface area contributed by atoms with Crippen molar-refractivity contribution in [2.75, 3.05) is 11.9 Å². The highest BCUT2D eigenvalue weighted by Crippen LogP contribution is 2.26. The van der Waals surface area contributed by atoms with E-state index in [1.807, 2.05) is 32.2 Å². The first-order valence-corrected chi connectivity index (χ1v) is 7.57. The van der Waals surface area contributed by atoms with Gasteiger partial charge in [-0.25, -0.2) is 0 Å². The highest BCUT2D eigenvalue weighted by Gasteiger charge is 2.33. The van der Waals surface area contributed by atoms with Gasteiger partial charge in [0.15, 0.2) is 5.82 Å². The van der Waals surface area contributed by atoms with Gasteiger partial charge in [-0.3, -0.25) is 14.5 Å². The largest absolute Gasteiger partial charge is 0.329 e. The van der Waals surface area contributed by atoms with Crippen LogP contribution < -0.4 is 11.1 Å². The SMILES string of the molecule is CCC(CC)(CN)C(=O)Nc1ccn(Cc2ccncc2)n1. The van der Waals surface area contributed by atoms with E-state index < -0.39 is 5.41 Å². The standard InChI is InChI=1S/C16H23N5O/c1-3-16(4-2,12-17)15(22)19-14-7-10-21(20-14)11-13-5-8-18-9-6-13/h5-10H,3-4,11-12,17H2,1-2H3,(H,19,20,22). The van der Waals surface area contributed by atoms with E-state index in [-0.39, 0.29) is 5.91 Å². The Bertz CT molecular complexity index is 596. The summed E-state index contributed by atoms with van der Waals surface area (Å²) in [5.74, 6) is 0.493. The molecule has 0 aromatic carbocycles. The van der Waals surface area contributed by atoms with Crippen LogP contribution in [0.25, 0.3) is 0 Å². The van der Waals surface area contributed by atoms with Gasteiger partial charge in [0.1, 0.15) is 0 Å². The number of pyridine rings is 1. The lowest BCUT2D eigenvalue weighted by Gasteiger charge is -2.27. The third-order valence-corrected chi connectivity index (χ3v) is 4.20. The Morgan fingerprint density at radius 2 is 1.95 bits per heavy atom. The van der Waals surface area contributed by atoms with Crippen molar-refractivity contribution in [2.24, 2.45) is 11.1 Å². The summed E-state index contributed by atoms with van der Waals surface area (Å²) >= 11 is 0. The normalized spacial score (nSPS) is 11.4. The number of nitrogens with two attached hydrogens (primary N) is 1. The summed E-state index contributed by atoms with van der Waals surface area (Å²) in [6, 6.07) is 5.67. The molecule has 0 fully saturated rings. The van der Waals surface area contributed by atoms with Crippen LogP contribution in [0.2, 0.25) is 0 Å². The Labute approximate surface area is 130 Å². The smallest absolute Gasteiger partial charge is 0.233 e. The second kappa shape index (κ2) is 7.17. The molecule has 118 valence electrons. The van der Waals surface area contributed by atoms with Gasteiger partial charge in [0.25, 0.3) is 0 Å². The van der Waals surface area contributed by atoms with Crippen LogP contribution in [-0.4, -0.2) is 27.2 Å². The number of hydrogen-bond donors (Lipinski definition) is 2. The number of anilines is 1. The van der Waals surface area contributed by atoms with Crippen molar-refractivity contribution in [2.45, 2.75) is 33.2 Å². The maximum Gasteiger partial charge on any atom is 0.233 e. The Hall–Kier alpha value is -2.21. The van der Waals surface area contributed by atoms with Crippen molar-refractivity contribution in [3.8, 4) is 0 Å². The number of hydrogen-bond acceptors (Lipinski definition) is 4. The zero-order chi connectivity index (χ0) is 16.0. The number of rotatable bonds is 7. The van der Waals surface area contributed by atoms with Crippen LogP contribution in [0.3, 0.4) is 0 Å². The topological polar surface area (TPSA) is 85.8 Å². The predicted molar refractivity (Wildman–Crippen MR) is 86.3 cm³/mol. The third kappa shape index (κ3) is 3.51. The molecule has 6 nitrogen and oxygen atoms in total. The van der Waals surface area contributed by atoms with Crippen LogP contribution in [0.4, 0.5) is 5.82 Å². The maximum absolute atomic E-state index is 12.4. The van der Waals surface area contributed by atoms with Crippen molar-refractivity contribution >= 4 is 11.7 Å². The molecule has 0 atom stereocenters. The average Bonchev–Trinajstić information content (AvgIpc) is 2.97. The molecule has 2 heterocycles. The molecule has 2 aromatic heterocycles. The van der Waals surface area contributed by atoms with E-state index in [2.05, 4.69) is 15.4 Å². The summed E-state index contributed by atoms with van der Waals surface area (Å²) in [6.07, 6.45) is 6.77. The van der Waals surface area contributed by atoms with E-state index >= 15 is 0 Å². The Balaban J connectivity index is 2.04. The van der Waals surface area contributed by atoms with Crippen LogP contribution in [0.15, 0.2) is 36.8 Å². The molecular formula is C16H23N5O. The summed E-state index contributed by atoms with van der Waals surface area (Å²) in [5, 5.41) is 7.26. The van der Waals surface area contributed by atoms with Gasteiger partial charge in [-0.15, -0.1) is 0 Å². The van der Waals surface area contributed by atoms with Crippen LogP contribution in [0.1, 0.15) is 32.3 Å². The predicted octanol–water partition coefficient (Wildman–Crippen LogP) is 2.03. The molecule has 0 saturated carbocycles. The Morgan fingerprint density at radius 1 is 1.27 bits per heavy atom. The lowest BCUT2D eigenvalue weighted by Crippen LogP contribution is -2.41. The molecule has 0 spiro atoms. The summed E-state index contributed by atoms with van der Waals surface area (Å²) in [7, 11) is 0. The Kier molecular flexibility index (Phi) is 5.27. The fourth-order valence-corrected chi connectivity index (χ4v) is 2.39. The molecule has 0 aliphatic rings. The van der Waals surface area contributed by atoms with Crippen LogP contribution in [0.5, 0.6) is 0 Å². The number of aromatic nitrogens is 3. The molecule has 0 radical (unpaired) electrons. The van der Waals surface area contributed by atoms with E-state index in [9.17, 15) is 4.79 Å². The van der Waals surface area contributed by atoms with Crippen LogP contribution in [-0.2, 0) is 11.3 Å². The average molecular weight is 301 g/mol. The number of nitrogens with zero attached hydrogens (tertiary/aromatic N) is 3. The second-order valence-electron chi connectivity index (χ2n) is 5.40. The number of carbonyl (C=O) groups is 1. The van der Waals surface area contributed by atoms with Gasteiger partial charge in [-0.1, -0.05) is 13.8 Å². The molecule has 6 heteroatoms. The van der Waals surface area contributed by atoms with Gasteiger partial charge in [-0.05, 0) is 30.5 Å². The lowest BCUT2D eigenvalue weighted by atomic mass is 9.81. The highest BCUT2D eigenvalue weighted by atomic mass is 16.2.